The number of piperidine rings is 1. The van der Waals surface area contributed by atoms with Crippen molar-refractivity contribution in [1.29, 1.82) is 0 Å². The first-order valence-corrected chi connectivity index (χ1v) is 15.3. The summed E-state index contributed by atoms with van der Waals surface area (Å²) in [5.41, 5.74) is 9.51. The van der Waals surface area contributed by atoms with E-state index in [0.717, 1.165) is 69.1 Å². The lowest BCUT2D eigenvalue weighted by Crippen LogP contribution is -2.52. The first-order valence-electron chi connectivity index (χ1n) is 15.3. The number of ketones is 1. The molecule has 0 spiro atoms. The summed E-state index contributed by atoms with van der Waals surface area (Å²) in [6, 6.07) is 4.41. The number of aliphatic imine (C=N–C) groups is 2. The SMILES string of the molecule is CN=C(CN(N)c1cc(C(=O)N=C(N)CC(=O)C(C)(C)C)cnc1C)c1cncc(N2CCC(N3CCN(C)CC3)CC2)c1. The number of hydrazine groups is 1. The third-order valence-electron chi connectivity index (χ3n) is 8.57. The summed E-state index contributed by atoms with van der Waals surface area (Å²) in [4.78, 5) is 50.0. The number of pyridine rings is 2. The fraction of sp³-hybridized carbons (Fsp3) is 0.562. The number of nitrogens with zero attached hydrogens (tertiary/aromatic N) is 8. The van der Waals surface area contributed by atoms with Crippen LogP contribution in [-0.4, -0.2) is 109 Å². The maximum atomic E-state index is 12.9. The zero-order chi connectivity index (χ0) is 32.0. The van der Waals surface area contributed by atoms with Crippen molar-refractivity contribution in [3.63, 3.8) is 0 Å². The summed E-state index contributed by atoms with van der Waals surface area (Å²) in [6.07, 6.45) is 7.34. The van der Waals surface area contributed by atoms with Gasteiger partial charge in [0.05, 0.1) is 47.5 Å². The third kappa shape index (κ3) is 8.46. The summed E-state index contributed by atoms with van der Waals surface area (Å²) >= 11 is 0. The molecule has 2 aromatic heterocycles. The van der Waals surface area contributed by atoms with Crippen LogP contribution in [0.5, 0.6) is 0 Å². The van der Waals surface area contributed by atoms with Crippen molar-refractivity contribution < 1.29 is 9.59 Å². The summed E-state index contributed by atoms with van der Waals surface area (Å²) < 4.78 is 0. The van der Waals surface area contributed by atoms with Crippen molar-refractivity contribution >= 4 is 34.6 Å². The highest BCUT2D eigenvalue weighted by atomic mass is 16.1. The number of aromatic nitrogens is 2. The van der Waals surface area contributed by atoms with E-state index in [1.165, 1.54) is 11.2 Å². The molecule has 2 aliphatic rings. The molecule has 12 nitrogen and oxygen atoms in total. The smallest absolute Gasteiger partial charge is 0.280 e. The highest BCUT2D eigenvalue weighted by Crippen LogP contribution is 2.25. The minimum absolute atomic E-state index is 0.0296. The Labute approximate surface area is 261 Å². The molecule has 238 valence electrons. The van der Waals surface area contributed by atoms with E-state index in [1.54, 1.807) is 40.1 Å². The summed E-state index contributed by atoms with van der Waals surface area (Å²) in [6.45, 7) is 14.1. The third-order valence-corrected chi connectivity index (χ3v) is 8.57. The Bertz CT molecular complexity index is 1380. The van der Waals surface area contributed by atoms with Crippen LogP contribution in [0.15, 0.2) is 40.7 Å². The van der Waals surface area contributed by atoms with Crippen LogP contribution in [-0.2, 0) is 4.79 Å². The van der Waals surface area contributed by atoms with Crippen molar-refractivity contribution in [3.05, 3.63) is 47.5 Å². The first-order chi connectivity index (χ1) is 20.8. The maximum Gasteiger partial charge on any atom is 0.280 e. The number of carbonyl (C=O) groups excluding carboxylic acids is 2. The monoisotopic (exact) mass is 604 g/mol. The van der Waals surface area contributed by atoms with Crippen LogP contribution in [0.2, 0.25) is 0 Å². The molecule has 12 heteroatoms. The largest absolute Gasteiger partial charge is 0.387 e. The molecule has 2 saturated heterocycles. The topological polar surface area (TPSA) is 150 Å². The van der Waals surface area contributed by atoms with E-state index in [9.17, 15) is 9.59 Å². The molecule has 44 heavy (non-hydrogen) atoms. The number of piperazine rings is 1. The number of anilines is 2. The summed E-state index contributed by atoms with van der Waals surface area (Å²) in [7, 11) is 3.93. The van der Waals surface area contributed by atoms with E-state index in [-0.39, 0.29) is 30.1 Å². The van der Waals surface area contributed by atoms with Crippen molar-refractivity contribution in [1.82, 2.24) is 19.8 Å². The van der Waals surface area contributed by atoms with Gasteiger partial charge in [0.2, 0.25) is 0 Å². The minimum atomic E-state index is -0.580. The molecular formula is C32H48N10O2. The van der Waals surface area contributed by atoms with E-state index in [0.29, 0.717) is 17.4 Å². The molecule has 0 saturated carbocycles. The van der Waals surface area contributed by atoms with E-state index < -0.39 is 11.3 Å². The molecule has 2 aromatic rings. The van der Waals surface area contributed by atoms with Gasteiger partial charge in [-0.15, -0.1) is 0 Å². The molecule has 0 radical (unpaired) electrons. The zero-order valence-electron chi connectivity index (χ0n) is 27.1. The second kappa shape index (κ2) is 14.4. The first kappa shape index (κ1) is 33.2. The van der Waals surface area contributed by atoms with Crippen LogP contribution in [0.1, 0.15) is 61.6 Å². The van der Waals surface area contributed by atoms with Crippen molar-refractivity contribution in [3.8, 4) is 0 Å². The normalized spacial score (nSPS) is 18.0. The van der Waals surface area contributed by atoms with Gasteiger partial charge in [-0.1, -0.05) is 20.8 Å². The molecule has 0 aromatic carbocycles. The molecule has 1 amide bonds. The second-order valence-electron chi connectivity index (χ2n) is 12.9. The van der Waals surface area contributed by atoms with Gasteiger partial charge in [-0.05, 0) is 38.9 Å². The fourth-order valence-corrected chi connectivity index (χ4v) is 5.57. The second-order valence-corrected chi connectivity index (χ2v) is 12.9. The van der Waals surface area contributed by atoms with E-state index in [2.05, 4.69) is 47.8 Å². The number of rotatable bonds is 9. The number of hydrogen-bond acceptors (Lipinski definition) is 10. The Kier molecular flexibility index (Phi) is 10.8. The Morgan fingerprint density at radius 2 is 1.70 bits per heavy atom. The number of amides is 1. The van der Waals surface area contributed by atoms with Gasteiger partial charge in [0.1, 0.15) is 11.6 Å². The Morgan fingerprint density at radius 3 is 2.34 bits per heavy atom. The van der Waals surface area contributed by atoms with Crippen molar-refractivity contribution in [2.24, 2.45) is 27.0 Å². The van der Waals surface area contributed by atoms with Crippen LogP contribution in [0, 0.1) is 12.3 Å². The predicted octanol–water partition coefficient (Wildman–Crippen LogP) is 2.30. The lowest BCUT2D eigenvalue weighted by molar-refractivity contribution is -0.125. The molecule has 2 aliphatic heterocycles. The maximum absolute atomic E-state index is 12.9. The van der Waals surface area contributed by atoms with E-state index in [4.69, 9.17) is 11.6 Å². The van der Waals surface area contributed by atoms with Gasteiger partial charge >= 0.3 is 0 Å². The quantitative estimate of drug-likeness (QED) is 0.189. The van der Waals surface area contributed by atoms with Crippen LogP contribution < -0.4 is 21.5 Å². The van der Waals surface area contributed by atoms with Gasteiger partial charge in [0, 0.05) is 75.7 Å². The van der Waals surface area contributed by atoms with E-state index in [1.807, 2.05) is 13.1 Å². The molecular weight excluding hydrogens is 556 g/mol. The zero-order valence-corrected chi connectivity index (χ0v) is 27.1. The number of hydrogen-bond donors (Lipinski definition) is 2. The molecule has 4 rings (SSSR count). The van der Waals surface area contributed by atoms with Crippen molar-refractivity contribution in [2.45, 2.75) is 53.0 Å². The lowest BCUT2D eigenvalue weighted by Gasteiger charge is -2.42. The van der Waals surface area contributed by atoms with Gasteiger partial charge in [-0.3, -0.25) is 29.4 Å². The van der Waals surface area contributed by atoms with Crippen LogP contribution in [0.25, 0.3) is 0 Å². The van der Waals surface area contributed by atoms with Gasteiger partial charge in [-0.2, -0.15) is 4.99 Å². The standard InChI is InChI=1S/C32H48N10O2/c1-22-28(16-24(19-37-22)31(44)38-30(33)17-29(43)32(2,3)4)42(34)21-27(35-5)23-15-26(20-36-18-23)40-9-7-25(8-10-40)41-13-11-39(6)12-14-41/h15-16,18-20,25H,7-14,17,21,34H2,1-6H3,(H2,33,38,44). The lowest BCUT2D eigenvalue weighted by atomic mass is 9.89. The molecule has 0 atom stereocenters. The van der Waals surface area contributed by atoms with Crippen LogP contribution in [0.3, 0.4) is 0 Å². The predicted molar refractivity (Wildman–Crippen MR) is 177 cm³/mol. The van der Waals surface area contributed by atoms with Crippen molar-refractivity contribution in [2.75, 3.05) is 69.8 Å². The molecule has 2 fully saturated rings. The number of aryl methyl sites for hydroxylation is 1. The highest BCUT2D eigenvalue weighted by molar-refractivity contribution is 6.09. The summed E-state index contributed by atoms with van der Waals surface area (Å²) in [5, 5.41) is 1.52. The highest BCUT2D eigenvalue weighted by Gasteiger charge is 2.27. The van der Waals surface area contributed by atoms with Gasteiger partial charge in [0.25, 0.3) is 5.91 Å². The molecule has 4 N–H and O–H groups in total. The number of nitrogens with two attached hydrogens (primary N) is 2. The van der Waals surface area contributed by atoms with Gasteiger partial charge in [0.15, 0.2) is 0 Å². The number of likely N-dealkylation sites (N-methyl/N-ethyl adjacent to an activating group) is 1. The molecule has 0 unspecified atom stereocenters. The number of carbonyl (C=O) groups is 2. The molecule has 0 aliphatic carbocycles. The summed E-state index contributed by atoms with van der Waals surface area (Å²) in [5.74, 6) is 5.82. The Balaban J connectivity index is 1.41. The fourth-order valence-electron chi connectivity index (χ4n) is 5.57. The van der Waals surface area contributed by atoms with Gasteiger partial charge in [-0.25, -0.2) is 5.84 Å². The number of Topliss-reactive ketones (excluding diaryl/α,β-unsaturated/α-hetero) is 1. The van der Waals surface area contributed by atoms with Crippen LogP contribution in [0.4, 0.5) is 11.4 Å². The van der Waals surface area contributed by atoms with Gasteiger partial charge < -0.3 is 20.5 Å². The Morgan fingerprint density at radius 1 is 1.02 bits per heavy atom. The number of amidine groups is 1. The van der Waals surface area contributed by atoms with E-state index >= 15 is 0 Å². The average Bonchev–Trinajstić information content (AvgIpc) is 3.00. The average molecular weight is 605 g/mol. The minimum Gasteiger partial charge on any atom is -0.387 e. The Hall–Kier alpha value is -3.74. The van der Waals surface area contributed by atoms with Crippen LogP contribution >= 0.6 is 0 Å². The molecule has 4 heterocycles. The molecule has 0 bridgehead atoms.